The summed E-state index contributed by atoms with van der Waals surface area (Å²) in [4.78, 5) is 25.1. The van der Waals surface area contributed by atoms with Crippen LogP contribution >= 0.6 is 0 Å². The molecular formula is C33H54N2O3. The number of rotatable bonds is 2. The van der Waals surface area contributed by atoms with Crippen LogP contribution in [-0.4, -0.2) is 35.2 Å². The van der Waals surface area contributed by atoms with E-state index < -0.39 is 5.41 Å². The molecule has 0 heterocycles. The van der Waals surface area contributed by atoms with E-state index in [1.807, 2.05) is 0 Å². The Bertz CT molecular complexity index is 1050. The zero-order valence-corrected chi connectivity index (χ0v) is 25.7. The van der Waals surface area contributed by atoms with E-state index in [4.69, 9.17) is 0 Å². The molecule has 0 saturated heterocycles. The molecule has 9 atom stereocenters. The summed E-state index contributed by atoms with van der Waals surface area (Å²) in [5.74, 6) is 1.60. The summed E-state index contributed by atoms with van der Waals surface area (Å²) in [6, 6.07) is 0.255. The van der Waals surface area contributed by atoms with Crippen LogP contribution in [0.2, 0.25) is 0 Å². The van der Waals surface area contributed by atoms with Crippen molar-refractivity contribution in [1.82, 2.24) is 10.4 Å². The van der Waals surface area contributed by atoms with Gasteiger partial charge in [-0.2, -0.15) is 0 Å². The Labute approximate surface area is 231 Å². The molecule has 2 amide bonds. The molecule has 0 spiro atoms. The third-order valence-corrected chi connectivity index (χ3v) is 14.1. The summed E-state index contributed by atoms with van der Waals surface area (Å²) in [5, 5.41) is 14.2. The van der Waals surface area contributed by atoms with Gasteiger partial charge in [-0.25, -0.2) is 5.06 Å². The standard InChI is InChI=1S/C33H54N2O3/c1-21(36)34-26-13-14-31(6)24(28(26,2)3)12-15-33(8)25(31)11-10-22-23-20-30(5,27(37)35(9)38)17-16-29(23,4)18-19-32(22,33)7/h10,23-26,38H,11-20H2,1-9H3,(H,34,36)/t23-,24?,25+,26-,29+,30-,31-,32+,33+/m0/s1. The normalized spacial score (nSPS) is 49.4. The van der Waals surface area contributed by atoms with Gasteiger partial charge >= 0.3 is 0 Å². The summed E-state index contributed by atoms with van der Waals surface area (Å²) in [5.41, 5.74) is 2.08. The van der Waals surface area contributed by atoms with Crippen LogP contribution in [0.5, 0.6) is 0 Å². The Balaban J connectivity index is 1.52. The number of hydrogen-bond acceptors (Lipinski definition) is 3. The van der Waals surface area contributed by atoms with Crippen LogP contribution in [-0.2, 0) is 9.59 Å². The number of nitrogens with zero attached hydrogens (tertiary/aromatic N) is 1. The second-order valence-corrected chi connectivity index (χ2v) is 16.2. The van der Waals surface area contributed by atoms with Crippen molar-refractivity contribution in [3.05, 3.63) is 11.6 Å². The molecule has 0 aromatic rings. The Hall–Kier alpha value is -1.36. The summed E-state index contributed by atoms with van der Waals surface area (Å²) >= 11 is 0. The van der Waals surface area contributed by atoms with Crippen molar-refractivity contribution in [3.63, 3.8) is 0 Å². The van der Waals surface area contributed by atoms with Gasteiger partial charge in [0.1, 0.15) is 0 Å². The minimum absolute atomic E-state index is 0.0812. The highest BCUT2D eigenvalue weighted by Gasteiger charge is 2.68. The first kappa shape index (κ1) is 28.2. The van der Waals surface area contributed by atoms with Crippen LogP contribution in [0.4, 0.5) is 0 Å². The fourth-order valence-corrected chi connectivity index (χ4v) is 11.4. The lowest BCUT2D eigenvalue weighted by atomic mass is 9.33. The maximum Gasteiger partial charge on any atom is 0.251 e. The quantitative estimate of drug-likeness (QED) is 0.228. The molecule has 0 aromatic heterocycles. The van der Waals surface area contributed by atoms with Crippen LogP contribution in [0, 0.1) is 50.2 Å². The highest BCUT2D eigenvalue weighted by molar-refractivity contribution is 5.81. The van der Waals surface area contributed by atoms with E-state index in [0.29, 0.717) is 17.8 Å². The van der Waals surface area contributed by atoms with Crippen LogP contribution in [0.25, 0.3) is 0 Å². The first-order valence-electron chi connectivity index (χ1n) is 15.4. The molecule has 5 nitrogen and oxygen atoms in total. The number of allylic oxidation sites excluding steroid dienone is 2. The van der Waals surface area contributed by atoms with Crippen LogP contribution in [0.1, 0.15) is 120 Å². The molecule has 1 unspecified atom stereocenters. The Kier molecular flexibility index (Phi) is 6.36. The van der Waals surface area contributed by atoms with Gasteiger partial charge < -0.3 is 5.32 Å². The van der Waals surface area contributed by atoms with Crippen LogP contribution in [0.15, 0.2) is 11.6 Å². The molecule has 5 aliphatic rings. The molecule has 5 rings (SSSR count). The Morgan fingerprint density at radius 3 is 2.21 bits per heavy atom. The van der Waals surface area contributed by atoms with Gasteiger partial charge in [-0.15, -0.1) is 0 Å². The molecule has 4 fully saturated rings. The highest BCUT2D eigenvalue weighted by Crippen LogP contribution is 2.75. The third kappa shape index (κ3) is 3.65. The lowest BCUT2D eigenvalue weighted by Crippen LogP contribution is -2.66. The third-order valence-electron chi connectivity index (χ3n) is 14.1. The maximum atomic E-state index is 13.1. The number of hydrogen-bond donors (Lipinski definition) is 2. The minimum Gasteiger partial charge on any atom is -0.353 e. The van der Waals surface area contributed by atoms with E-state index in [-0.39, 0.29) is 44.9 Å². The summed E-state index contributed by atoms with van der Waals surface area (Å²) < 4.78 is 0. The molecule has 2 N–H and O–H groups in total. The van der Waals surface area contributed by atoms with Gasteiger partial charge in [-0.05, 0) is 109 Å². The highest BCUT2D eigenvalue weighted by atomic mass is 16.5. The Morgan fingerprint density at radius 1 is 0.921 bits per heavy atom. The van der Waals surface area contributed by atoms with Crippen molar-refractivity contribution in [2.75, 3.05) is 7.05 Å². The summed E-state index contributed by atoms with van der Waals surface area (Å²) in [6.07, 6.45) is 13.7. The van der Waals surface area contributed by atoms with Crippen molar-refractivity contribution < 1.29 is 14.8 Å². The fraction of sp³-hybridized carbons (Fsp3) is 0.879. The van der Waals surface area contributed by atoms with Crippen molar-refractivity contribution in [2.45, 2.75) is 126 Å². The molecule has 0 bridgehead atoms. The van der Waals surface area contributed by atoms with E-state index in [0.717, 1.165) is 37.2 Å². The second kappa shape index (κ2) is 8.57. The molecule has 5 heteroatoms. The molecule has 5 aliphatic carbocycles. The number of hydroxylamine groups is 2. The van der Waals surface area contributed by atoms with Crippen molar-refractivity contribution in [3.8, 4) is 0 Å². The van der Waals surface area contributed by atoms with Gasteiger partial charge in [0.2, 0.25) is 5.91 Å². The average Bonchev–Trinajstić information content (AvgIpc) is 2.82. The number of fused-ring (bicyclic) bond motifs is 7. The zero-order chi connectivity index (χ0) is 28.1. The predicted molar refractivity (Wildman–Crippen MR) is 151 cm³/mol. The summed E-state index contributed by atoms with van der Waals surface area (Å²) in [6.45, 7) is 18.8. The van der Waals surface area contributed by atoms with Crippen molar-refractivity contribution >= 4 is 11.8 Å². The lowest BCUT2D eigenvalue weighted by Gasteiger charge is -2.71. The van der Waals surface area contributed by atoms with Gasteiger partial charge in [0, 0.05) is 25.4 Å². The number of carbonyl (C=O) groups is 2. The fourth-order valence-electron chi connectivity index (χ4n) is 11.4. The van der Waals surface area contributed by atoms with E-state index in [1.54, 1.807) is 12.5 Å². The predicted octanol–water partition coefficient (Wildman–Crippen LogP) is 7.14. The second-order valence-electron chi connectivity index (χ2n) is 16.2. The first-order chi connectivity index (χ1) is 17.4. The zero-order valence-electron chi connectivity index (χ0n) is 25.7. The van der Waals surface area contributed by atoms with Crippen molar-refractivity contribution in [1.29, 1.82) is 0 Å². The SMILES string of the molecule is CC(=O)N[C@H]1CC[C@@]2(C)C(CC[C@]3(C)[C@@H]2CC=C2[C@@H]4C[C@@](C)(C(=O)N(C)O)CC[C@]4(C)CC[C@]23C)C1(C)C. The molecule has 0 aromatic carbocycles. The van der Waals surface area contributed by atoms with Crippen LogP contribution in [0.3, 0.4) is 0 Å². The molecule has 214 valence electrons. The van der Waals surface area contributed by atoms with E-state index in [2.05, 4.69) is 59.9 Å². The van der Waals surface area contributed by atoms with Gasteiger partial charge in [-0.1, -0.05) is 60.1 Å². The van der Waals surface area contributed by atoms with E-state index >= 15 is 0 Å². The first-order valence-corrected chi connectivity index (χ1v) is 15.4. The summed E-state index contributed by atoms with van der Waals surface area (Å²) in [7, 11) is 1.49. The maximum absolute atomic E-state index is 13.1. The number of carbonyl (C=O) groups excluding carboxylic acids is 2. The minimum atomic E-state index is -0.500. The van der Waals surface area contributed by atoms with E-state index in [9.17, 15) is 14.8 Å². The molecule has 4 saturated carbocycles. The molecule has 0 aliphatic heterocycles. The van der Waals surface area contributed by atoms with Gasteiger partial charge in [0.25, 0.3) is 5.91 Å². The molecular weight excluding hydrogens is 472 g/mol. The smallest absolute Gasteiger partial charge is 0.251 e. The molecule has 0 radical (unpaired) electrons. The average molecular weight is 527 g/mol. The molecule has 38 heavy (non-hydrogen) atoms. The van der Waals surface area contributed by atoms with Crippen molar-refractivity contribution in [2.24, 2.45) is 50.2 Å². The van der Waals surface area contributed by atoms with Gasteiger partial charge in [-0.3, -0.25) is 14.8 Å². The monoisotopic (exact) mass is 526 g/mol. The van der Waals surface area contributed by atoms with E-state index in [1.165, 1.54) is 39.2 Å². The van der Waals surface area contributed by atoms with Gasteiger partial charge in [0.05, 0.1) is 0 Å². The topological polar surface area (TPSA) is 69.6 Å². The number of nitrogens with one attached hydrogen (secondary N) is 1. The number of amides is 2. The largest absolute Gasteiger partial charge is 0.353 e. The lowest BCUT2D eigenvalue weighted by molar-refractivity contribution is -0.190. The Morgan fingerprint density at radius 2 is 1.58 bits per heavy atom. The van der Waals surface area contributed by atoms with Crippen LogP contribution < -0.4 is 5.32 Å². The van der Waals surface area contributed by atoms with Gasteiger partial charge in [0.15, 0.2) is 0 Å².